The van der Waals surface area contributed by atoms with Crippen LogP contribution in [-0.2, 0) is 23.7 Å². The molecule has 0 atom stereocenters. The summed E-state index contributed by atoms with van der Waals surface area (Å²) in [6.07, 6.45) is 0.363. The highest BCUT2D eigenvalue weighted by molar-refractivity contribution is 5.59. The van der Waals surface area contributed by atoms with Crippen molar-refractivity contribution < 1.29 is 23.7 Å². The molecule has 0 saturated carbocycles. The minimum atomic E-state index is -1.06. The summed E-state index contributed by atoms with van der Waals surface area (Å²) in [5, 5.41) is 0. The largest absolute Gasteiger partial charge is 0.352 e. The summed E-state index contributed by atoms with van der Waals surface area (Å²) in [5.74, 6) is -1.06. The average Bonchev–Trinajstić information content (AvgIpc) is 2.30. The summed E-state index contributed by atoms with van der Waals surface area (Å²) in [7, 11) is 6.00. The lowest BCUT2D eigenvalue weighted by atomic mass is 10.3. The highest BCUT2D eigenvalue weighted by atomic mass is 16.7. The Morgan fingerprint density at radius 3 is 1.56 bits per heavy atom. The molecule has 0 saturated heterocycles. The smallest absolute Gasteiger partial charge is 0.222 e. The first-order valence-corrected chi connectivity index (χ1v) is 4.68. The predicted molar refractivity (Wildman–Crippen MR) is 61.1 cm³/mol. The summed E-state index contributed by atoms with van der Waals surface area (Å²) < 4.78 is 19.0. The lowest BCUT2D eigenvalue weighted by Crippen LogP contribution is -2.30. The highest BCUT2D eigenvalue weighted by Gasteiger charge is 2.20. The third-order valence-corrected chi connectivity index (χ3v) is 1.86. The number of rotatable bonds is 6. The van der Waals surface area contributed by atoms with Crippen LogP contribution in [0.2, 0.25) is 0 Å². The van der Waals surface area contributed by atoms with E-state index in [-0.39, 0.29) is 6.29 Å². The summed E-state index contributed by atoms with van der Waals surface area (Å²) in [6.45, 7) is 7.05. The van der Waals surface area contributed by atoms with Gasteiger partial charge in [-0.05, 0) is 19.4 Å². The maximum Gasteiger partial charge on any atom is 0.222 e. The van der Waals surface area contributed by atoms with Gasteiger partial charge in [-0.2, -0.15) is 0 Å². The first-order valence-electron chi connectivity index (χ1n) is 4.68. The van der Waals surface area contributed by atoms with Gasteiger partial charge >= 0.3 is 0 Å². The number of carbonyl (C=O) groups excluding carboxylic acids is 1. The zero-order valence-electron chi connectivity index (χ0n) is 10.9. The summed E-state index contributed by atoms with van der Waals surface area (Å²) in [4.78, 5) is 10.0. The van der Waals surface area contributed by atoms with E-state index in [0.717, 1.165) is 5.57 Å². The Morgan fingerprint density at radius 2 is 1.56 bits per heavy atom. The van der Waals surface area contributed by atoms with Crippen molar-refractivity contribution in [1.29, 1.82) is 0 Å². The van der Waals surface area contributed by atoms with Crippen LogP contribution in [0.15, 0.2) is 12.2 Å². The molecule has 0 aliphatic carbocycles. The third-order valence-electron chi connectivity index (χ3n) is 1.86. The van der Waals surface area contributed by atoms with E-state index in [2.05, 4.69) is 16.1 Å². The van der Waals surface area contributed by atoms with E-state index < -0.39 is 5.79 Å². The van der Waals surface area contributed by atoms with E-state index in [9.17, 15) is 4.79 Å². The molecule has 0 bridgehead atoms. The van der Waals surface area contributed by atoms with E-state index in [1.54, 1.807) is 21.1 Å². The molecule has 0 aromatic rings. The second-order valence-corrected chi connectivity index (χ2v) is 3.19. The van der Waals surface area contributed by atoms with Gasteiger partial charge in [0, 0.05) is 28.4 Å². The fourth-order valence-corrected chi connectivity index (χ4v) is 0.678. The van der Waals surface area contributed by atoms with Crippen LogP contribution in [0.1, 0.15) is 13.8 Å². The van der Waals surface area contributed by atoms with Gasteiger partial charge in [-0.15, -0.1) is 0 Å². The van der Waals surface area contributed by atoms with Crippen molar-refractivity contribution in [3.05, 3.63) is 12.2 Å². The minimum Gasteiger partial charge on any atom is -0.352 e. The number of aldehydes is 1. The summed E-state index contributed by atoms with van der Waals surface area (Å²) in [6, 6.07) is 0. The number of hydrogen-bond acceptors (Lipinski definition) is 5. The van der Waals surface area contributed by atoms with Crippen LogP contribution in [0.5, 0.6) is 0 Å². The van der Waals surface area contributed by atoms with Crippen molar-refractivity contribution in [3.8, 4) is 0 Å². The lowest BCUT2D eigenvalue weighted by Gasteiger charge is -2.17. The Balaban J connectivity index is 0. The first kappa shape index (κ1) is 17.6. The topological polar surface area (TPSA) is 54.0 Å². The van der Waals surface area contributed by atoms with Gasteiger partial charge in [0.1, 0.15) is 0 Å². The Hall–Kier alpha value is -0.750. The van der Waals surface area contributed by atoms with Crippen molar-refractivity contribution in [2.45, 2.75) is 25.9 Å². The lowest BCUT2D eigenvalue weighted by molar-refractivity contribution is -0.186. The second kappa shape index (κ2) is 9.47. The zero-order chi connectivity index (χ0) is 13.2. The van der Waals surface area contributed by atoms with Gasteiger partial charge in [-0.3, -0.25) is 4.79 Å². The van der Waals surface area contributed by atoms with Crippen molar-refractivity contribution in [1.82, 2.24) is 0 Å². The Labute approximate surface area is 97.3 Å². The quantitative estimate of drug-likeness (QED) is 0.395. The monoisotopic (exact) mass is 234 g/mol. The van der Waals surface area contributed by atoms with Crippen LogP contribution in [0.25, 0.3) is 0 Å². The Kier molecular flexibility index (Phi) is 10.4. The van der Waals surface area contributed by atoms with E-state index in [0.29, 0.717) is 6.29 Å². The van der Waals surface area contributed by atoms with Gasteiger partial charge in [0.05, 0.1) is 0 Å². The fraction of sp³-hybridized carbons (Fsp3) is 0.727. The number of carbonyl (C=O) groups is 1. The zero-order valence-corrected chi connectivity index (χ0v) is 10.9. The molecule has 5 nitrogen and oxygen atoms in total. The molecule has 0 radical (unpaired) electrons. The number of ether oxygens (including phenoxy) is 4. The molecule has 0 amide bonds. The van der Waals surface area contributed by atoms with Crippen LogP contribution in [-0.4, -0.2) is 46.8 Å². The van der Waals surface area contributed by atoms with E-state index in [1.165, 1.54) is 14.2 Å². The molecule has 96 valence electrons. The predicted octanol–water partition coefficient (Wildman–Crippen LogP) is 1.38. The van der Waals surface area contributed by atoms with E-state index in [4.69, 9.17) is 9.47 Å². The molecule has 5 heteroatoms. The van der Waals surface area contributed by atoms with Gasteiger partial charge in [0.15, 0.2) is 12.6 Å². The van der Waals surface area contributed by atoms with E-state index in [1.807, 2.05) is 6.92 Å². The Bertz CT molecular complexity index is 195. The highest BCUT2D eigenvalue weighted by Crippen LogP contribution is 2.03. The average molecular weight is 234 g/mol. The molecule has 0 unspecified atom stereocenters. The van der Waals surface area contributed by atoms with Gasteiger partial charge in [-0.1, -0.05) is 6.58 Å². The SMILES string of the molecule is C=C(C)C(OC)OC.COC(C)(C=O)OC. The standard InChI is InChI=1S/C6H12O2.C5H10O3/c1-5(2)6(7-3)8-4;1-5(4-6,7-2)8-3/h6H,1H2,2-4H3;4H,1-3H3. The van der Waals surface area contributed by atoms with Crippen LogP contribution >= 0.6 is 0 Å². The van der Waals surface area contributed by atoms with E-state index >= 15 is 0 Å². The maximum absolute atomic E-state index is 10.0. The molecule has 0 fully saturated rings. The van der Waals surface area contributed by atoms with Crippen LogP contribution < -0.4 is 0 Å². The molecule has 16 heavy (non-hydrogen) atoms. The number of methoxy groups -OCH3 is 4. The first-order chi connectivity index (χ1) is 7.40. The molecule has 0 aromatic carbocycles. The minimum absolute atomic E-state index is 0.241. The number of hydrogen-bond donors (Lipinski definition) is 0. The molecule has 0 N–H and O–H groups in total. The fourth-order valence-electron chi connectivity index (χ4n) is 0.678. The van der Waals surface area contributed by atoms with Crippen molar-refractivity contribution in [3.63, 3.8) is 0 Å². The molecule has 0 aliphatic rings. The summed E-state index contributed by atoms with van der Waals surface area (Å²) in [5.41, 5.74) is 0.884. The molecule has 0 aromatic heterocycles. The molecule has 0 heterocycles. The van der Waals surface area contributed by atoms with Gasteiger partial charge in [-0.25, -0.2) is 0 Å². The Morgan fingerprint density at radius 1 is 1.19 bits per heavy atom. The van der Waals surface area contributed by atoms with Gasteiger partial charge in [0.2, 0.25) is 5.79 Å². The third kappa shape index (κ3) is 7.53. The normalized spacial score (nSPS) is 10.7. The molecule has 0 rings (SSSR count). The second-order valence-electron chi connectivity index (χ2n) is 3.19. The molecule has 0 aliphatic heterocycles. The summed E-state index contributed by atoms with van der Waals surface area (Å²) >= 11 is 0. The van der Waals surface area contributed by atoms with Crippen LogP contribution in [0, 0.1) is 0 Å². The van der Waals surface area contributed by atoms with Crippen molar-refractivity contribution >= 4 is 6.29 Å². The molecular weight excluding hydrogens is 212 g/mol. The molecule has 0 spiro atoms. The van der Waals surface area contributed by atoms with Gasteiger partial charge in [0.25, 0.3) is 0 Å². The maximum atomic E-state index is 10.0. The molecular formula is C11H22O5. The van der Waals surface area contributed by atoms with Crippen LogP contribution in [0.4, 0.5) is 0 Å². The van der Waals surface area contributed by atoms with Gasteiger partial charge < -0.3 is 18.9 Å². The van der Waals surface area contributed by atoms with Crippen molar-refractivity contribution in [2.75, 3.05) is 28.4 Å². The van der Waals surface area contributed by atoms with Crippen molar-refractivity contribution in [2.24, 2.45) is 0 Å². The van der Waals surface area contributed by atoms with Crippen LogP contribution in [0.3, 0.4) is 0 Å².